The van der Waals surface area contributed by atoms with Gasteiger partial charge in [0.25, 0.3) is 5.91 Å². The van der Waals surface area contributed by atoms with Gasteiger partial charge in [-0.1, -0.05) is 19.9 Å². The van der Waals surface area contributed by atoms with E-state index in [-0.39, 0.29) is 29.6 Å². The van der Waals surface area contributed by atoms with Crippen molar-refractivity contribution in [1.82, 2.24) is 14.9 Å². The normalized spacial score (nSPS) is 23.0. The Morgan fingerprint density at radius 3 is 2.73 bits per heavy atom. The van der Waals surface area contributed by atoms with Gasteiger partial charge >= 0.3 is 0 Å². The average Bonchev–Trinajstić information content (AvgIpc) is 3.24. The van der Waals surface area contributed by atoms with Gasteiger partial charge in [0.2, 0.25) is 10.0 Å². The molecule has 2 aliphatic heterocycles. The Kier molecular flexibility index (Phi) is 8.24. The molecule has 2 unspecified atom stereocenters. The highest BCUT2D eigenvalue weighted by Crippen LogP contribution is 2.15. The van der Waals surface area contributed by atoms with E-state index in [4.69, 9.17) is 9.47 Å². The highest BCUT2D eigenvalue weighted by Gasteiger charge is 2.23. The molecule has 0 aliphatic carbocycles. The van der Waals surface area contributed by atoms with Crippen molar-refractivity contribution < 1.29 is 22.7 Å². The fourth-order valence-corrected chi connectivity index (χ4v) is 4.90. The molecule has 0 bridgehead atoms. The zero-order valence-corrected chi connectivity index (χ0v) is 18.6. The van der Waals surface area contributed by atoms with Crippen LogP contribution in [-0.2, 0) is 19.5 Å². The molecule has 9 heteroatoms. The van der Waals surface area contributed by atoms with Crippen molar-refractivity contribution in [2.45, 2.75) is 43.8 Å². The van der Waals surface area contributed by atoms with E-state index in [1.54, 1.807) is 12.1 Å². The second-order valence-electron chi connectivity index (χ2n) is 8.37. The van der Waals surface area contributed by atoms with E-state index in [0.717, 1.165) is 32.5 Å². The minimum absolute atomic E-state index is 0.0681. The molecule has 2 atom stereocenters. The number of nitrogens with zero attached hydrogens (tertiary/aromatic N) is 1. The molecule has 0 aromatic heterocycles. The monoisotopic (exact) mass is 439 g/mol. The summed E-state index contributed by atoms with van der Waals surface area (Å²) in [4.78, 5) is 15.0. The third kappa shape index (κ3) is 6.75. The quantitative estimate of drug-likeness (QED) is 0.601. The summed E-state index contributed by atoms with van der Waals surface area (Å²) in [6.45, 7) is 9.01. The van der Waals surface area contributed by atoms with Gasteiger partial charge in [-0.2, -0.15) is 0 Å². The van der Waals surface area contributed by atoms with Crippen LogP contribution < -0.4 is 10.0 Å². The van der Waals surface area contributed by atoms with Crippen LogP contribution in [0.15, 0.2) is 29.2 Å². The van der Waals surface area contributed by atoms with Crippen LogP contribution in [0.4, 0.5) is 0 Å². The van der Waals surface area contributed by atoms with Gasteiger partial charge in [-0.05, 0) is 37.0 Å². The Morgan fingerprint density at radius 2 is 2.00 bits per heavy atom. The lowest BCUT2D eigenvalue weighted by Gasteiger charge is -2.33. The van der Waals surface area contributed by atoms with Crippen molar-refractivity contribution in [1.29, 1.82) is 0 Å². The van der Waals surface area contributed by atoms with E-state index >= 15 is 0 Å². The van der Waals surface area contributed by atoms with Crippen molar-refractivity contribution in [2.75, 3.05) is 45.9 Å². The molecule has 2 heterocycles. The topological polar surface area (TPSA) is 97.0 Å². The third-order valence-corrected chi connectivity index (χ3v) is 6.69. The third-order valence-electron chi connectivity index (χ3n) is 5.27. The van der Waals surface area contributed by atoms with Crippen molar-refractivity contribution in [2.24, 2.45) is 5.92 Å². The molecule has 1 aromatic rings. The molecular formula is C21H33N3O5S. The number of amides is 1. The summed E-state index contributed by atoms with van der Waals surface area (Å²) in [5, 5.41) is 2.87. The first-order valence-corrected chi connectivity index (χ1v) is 12.2. The van der Waals surface area contributed by atoms with Gasteiger partial charge in [0, 0.05) is 44.9 Å². The number of rotatable bonds is 9. The fourth-order valence-electron chi connectivity index (χ4n) is 3.79. The predicted molar refractivity (Wildman–Crippen MR) is 114 cm³/mol. The lowest BCUT2D eigenvalue weighted by Crippen LogP contribution is -2.48. The van der Waals surface area contributed by atoms with Crippen molar-refractivity contribution >= 4 is 15.9 Å². The molecule has 2 N–H and O–H groups in total. The van der Waals surface area contributed by atoms with E-state index < -0.39 is 10.0 Å². The van der Waals surface area contributed by atoms with Gasteiger partial charge in [0.1, 0.15) is 0 Å². The number of ether oxygens (including phenoxy) is 2. The van der Waals surface area contributed by atoms with Gasteiger partial charge in [-0.25, -0.2) is 13.1 Å². The zero-order chi connectivity index (χ0) is 21.6. The highest BCUT2D eigenvalue weighted by atomic mass is 32.2. The van der Waals surface area contributed by atoms with E-state index in [0.29, 0.717) is 31.2 Å². The van der Waals surface area contributed by atoms with Crippen LogP contribution in [0.1, 0.15) is 37.0 Å². The molecular weight excluding hydrogens is 406 g/mol. The number of morpholine rings is 1. The molecule has 2 aliphatic rings. The molecule has 1 amide bonds. The summed E-state index contributed by atoms with van der Waals surface area (Å²) < 4.78 is 38.9. The Hall–Kier alpha value is -1.52. The molecule has 30 heavy (non-hydrogen) atoms. The molecule has 8 nitrogen and oxygen atoms in total. The molecule has 0 spiro atoms. The smallest absolute Gasteiger partial charge is 0.251 e. The van der Waals surface area contributed by atoms with E-state index in [1.807, 2.05) is 0 Å². The van der Waals surface area contributed by atoms with Crippen molar-refractivity contribution in [3.05, 3.63) is 29.8 Å². The molecule has 0 radical (unpaired) electrons. The first-order chi connectivity index (χ1) is 14.3. The summed E-state index contributed by atoms with van der Waals surface area (Å²) in [5.41, 5.74) is 0.310. The molecule has 1 aromatic carbocycles. The van der Waals surface area contributed by atoms with E-state index in [1.165, 1.54) is 12.1 Å². The van der Waals surface area contributed by atoms with Crippen LogP contribution in [-0.4, -0.2) is 77.4 Å². The van der Waals surface area contributed by atoms with Crippen LogP contribution in [0.2, 0.25) is 0 Å². The van der Waals surface area contributed by atoms with Crippen LogP contribution in [0, 0.1) is 5.92 Å². The number of nitrogens with one attached hydrogen (secondary N) is 2. The van der Waals surface area contributed by atoms with Crippen LogP contribution >= 0.6 is 0 Å². The highest BCUT2D eigenvalue weighted by molar-refractivity contribution is 7.89. The lowest BCUT2D eigenvalue weighted by molar-refractivity contribution is -0.0295. The maximum atomic E-state index is 12.6. The van der Waals surface area contributed by atoms with Crippen LogP contribution in [0.5, 0.6) is 0 Å². The Morgan fingerprint density at radius 1 is 1.20 bits per heavy atom. The summed E-state index contributed by atoms with van der Waals surface area (Å²) in [6.07, 6.45) is 1.64. The van der Waals surface area contributed by atoms with Gasteiger partial charge in [0.15, 0.2) is 0 Å². The number of hydrogen-bond donors (Lipinski definition) is 2. The number of hydrogen-bond acceptors (Lipinski definition) is 6. The van der Waals surface area contributed by atoms with Crippen LogP contribution in [0.3, 0.4) is 0 Å². The lowest BCUT2D eigenvalue weighted by atomic mass is 10.1. The van der Waals surface area contributed by atoms with Crippen molar-refractivity contribution in [3.8, 4) is 0 Å². The Labute approximate surface area is 179 Å². The van der Waals surface area contributed by atoms with Gasteiger partial charge in [-0.3, -0.25) is 9.69 Å². The summed E-state index contributed by atoms with van der Waals surface area (Å²) >= 11 is 0. The second kappa shape index (κ2) is 10.7. The number of carbonyl (C=O) groups excluding carboxylic acids is 1. The minimum atomic E-state index is -3.70. The van der Waals surface area contributed by atoms with Gasteiger partial charge in [-0.15, -0.1) is 0 Å². The van der Waals surface area contributed by atoms with E-state index in [9.17, 15) is 13.2 Å². The largest absolute Gasteiger partial charge is 0.377 e. The predicted octanol–water partition coefficient (Wildman–Crippen LogP) is 1.23. The molecule has 168 valence electrons. The summed E-state index contributed by atoms with van der Waals surface area (Å²) in [5.74, 6) is 0.271. The number of benzene rings is 1. The fraction of sp³-hybridized carbons (Fsp3) is 0.667. The number of carbonyl (C=O) groups is 1. The first-order valence-electron chi connectivity index (χ1n) is 10.7. The molecule has 3 rings (SSSR count). The second-order valence-corrected chi connectivity index (χ2v) is 10.1. The molecule has 0 saturated carbocycles. The SMILES string of the molecule is CC(C)CN1CCOC(CNC(=O)c2cccc(S(=O)(=O)NCC3CCCO3)c2)C1. The van der Waals surface area contributed by atoms with Gasteiger partial charge < -0.3 is 14.8 Å². The number of sulfonamides is 1. The molecule has 2 fully saturated rings. The Balaban J connectivity index is 1.53. The van der Waals surface area contributed by atoms with Crippen LogP contribution in [0.25, 0.3) is 0 Å². The molecule has 2 saturated heterocycles. The zero-order valence-electron chi connectivity index (χ0n) is 17.8. The summed E-state index contributed by atoms with van der Waals surface area (Å²) in [6, 6.07) is 6.08. The maximum Gasteiger partial charge on any atom is 0.251 e. The van der Waals surface area contributed by atoms with Gasteiger partial charge in [0.05, 0.1) is 23.7 Å². The van der Waals surface area contributed by atoms with Crippen molar-refractivity contribution in [3.63, 3.8) is 0 Å². The average molecular weight is 440 g/mol. The summed E-state index contributed by atoms with van der Waals surface area (Å²) in [7, 11) is -3.70. The Bertz CT molecular complexity index is 809. The maximum absolute atomic E-state index is 12.6. The minimum Gasteiger partial charge on any atom is -0.377 e. The standard InChI is InChI=1S/C21H33N3O5S/c1-16(2)14-24-8-10-29-19(15-24)12-22-21(25)17-5-3-7-20(11-17)30(26,27)23-13-18-6-4-9-28-18/h3,5,7,11,16,18-19,23H,4,6,8-10,12-15H2,1-2H3,(H,22,25). The van der Waals surface area contributed by atoms with E-state index in [2.05, 4.69) is 28.8 Å². The first kappa shape index (κ1) is 23.1.